The first-order valence-corrected chi connectivity index (χ1v) is 8.89. The van der Waals surface area contributed by atoms with Gasteiger partial charge in [-0.25, -0.2) is 4.79 Å². The first-order chi connectivity index (χ1) is 12.8. The number of amides is 3. The first kappa shape index (κ1) is 18.6. The minimum atomic E-state index is -0.393. The lowest BCUT2D eigenvalue weighted by atomic mass is 10.1. The SMILES string of the molecule is CC(=O)c1cccc(NC(=O)N[C@H]2CC(=O)N(c3ccc(C)c(C)c3)C2)c1. The molecule has 0 spiro atoms. The molecule has 0 aliphatic carbocycles. The van der Waals surface area contributed by atoms with Crippen molar-refractivity contribution in [2.75, 3.05) is 16.8 Å². The van der Waals surface area contributed by atoms with Crippen LogP contribution in [0.4, 0.5) is 16.2 Å². The number of nitrogens with one attached hydrogen (secondary N) is 2. The van der Waals surface area contributed by atoms with Gasteiger partial charge in [-0.2, -0.15) is 0 Å². The van der Waals surface area contributed by atoms with Gasteiger partial charge in [-0.05, 0) is 56.2 Å². The summed E-state index contributed by atoms with van der Waals surface area (Å²) in [4.78, 5) is 37.8. The van der Waals surface area contributed by atoms with Crippen LogP contribution in [0.2, 0.25) is 0 Å². The number of carbonyl (C=O) groups excluding carboxylic acids is 3. The summed E-state index contributed by atoms with van der Waals surface area (Å²) >= 11 is 0. The first-order valence-electron chi connectivity index (χ1n) is 8.89. The lowest BCUT2D eigenvalue weighted by molar-refractivity contribution is -0.117. The van der Waals surface area contributed by atoms with E-state index in [0.717, 1.165) is 11.3 Å². The Morgan fingerprint density at radius 1 is 1.07 bits per heavy atom. The lowest BCUT2D eigenvalue weighted by Gasteiger charge is -2.18. The molecule has 2 aromatic rings. The molecule has 0 aromatic heterocycles. The van der Waals surface area contributed by atoms with E-state index in [9.17, 15) is 14.4 Å². The van der Waals surface area contributed by atoms with Crippen LogP contribution >= 0.6 is 0 Å². The summed E-state index contributed by atoms with van der Waals surface area (Å²) in [5.74, 6) is -0.0772. The molecular formula is C21H23N3O3. The number of nitrogens with zero attached hydrogens (tertiary/aromatic N) is 1. The molecule has 2 aromatic carbocycles. The van der Waals surface area contributed by atoms with Crippen LogP contribution in [-0.4, -0.2) is 30.3 Å². The molecule has 0 saturated carbocycles. The van der Waals surface area contributed by atoms with E-state index in [-0.39, 0.29) is 24.2 Å². The number of ketones is 1. The molecule has 6 heteroatoms. The topological polar surface area (TPSA) is 78.5 Å². The van der Waals surface area contributed by atoms with Crippen LogP contribution in [0.25, 0.3) is 0 Å². The third-order valence-electron chi connectivity index (χ3n) is 4.79. The predicted molar refractivity (Wildman–Crippen MR) is 105 cm³/mol. The van der Waals surface area contributed by atoms with Gasteiger partial charge in [-0.1, -0.05) is 18.2 Å². The van der Waals surface area contributed by atoms with E-state index in [4.69, 9.17) is 0 Å². The van der Waals surface area contributed by atoms with Gasteiger partial charge in [0.05, 0.1) is 6.04 Å². The Kier molecular flexibility index (Phi) is 5.26. The summed E-state index contributed by atoms with van der Waals surface area (Å²) in [5, 5.41) is 5.55. The zero-order valence-corrected chi connectivity index (χ0v) is 15.7. The van der Waals surface area contributed by atoms with E-state index in [1.54, 1.807) is 29.2 Å². The highest BCUT2D eigenvalue weighted by molar-refractivity contribution is 5.98. The van der Waals surface area contributed by atoms with Crippen LogP contribution in [0.15, 0.2) is 42.5 Å². The van der Waals surface area contributed by atoms with Crippen molar-refractivity contribution >= 4 is 29.1 Å². The molecule has 1 saturated heterocycles. The second-order valence-corrected chi connectivity index (χ2v) is 6.91. The number of hydrogen-bond acceptors (Lipinski definition) is 3. The van der Waals surface area contributed by atoms with E-state index in [1.807, 2.05) is 32.0 Å². The predicted octanol–water partition coefficient (Wildman–Crippen LogP) is 3.43. The number of Topliss-reactive ketones (excluding diaryl/α,β-unsaturated/α-hetero) is 1. The highest BCUT2D eigenvalue weighted by Gasteiger charge is 2.31. The van der Waals surface area contributed by atoms with Gasteiger partial charge in [0.15, 0.2) is 5.78 Å². The molecule has 1 atom stereocenters. The fourth-order valence-electron chi connectivity index (χ4n) is 3.12. The highest BCUT2D eigenvalue weighted by Crippen LogP contribution is 2.24. The highest BCUT2D eigenvalue weighted by atomic mass is 16.2. The van der Waals surface area contributed by atoms with Gasteiger partial charge in [-0.15, -0.1) is 0 Å². The fourth-order valence-corrected chi connectivity index (χ4v) is 3.12. The quantitative estimate of drug-likeness (QED) is 0.815. The normalized spacial score (nSPS) is 16.3. The standard InChI is InChI=1S/C21H23N3O3/c1-13-7-8-19(9-14(13)2)24-12-18(11-20(24)26)23-21(27)22-17-6-4-5-16(10-17)15(3)25/h4-10,18H,11-12H2,1-3H3,(H2,22,23,27)/t18-/m0/s1. The van der Waals surface area contributed by atoms with Crippen molar-refractivity contribution in [1.29, 1.82) is 0 Å². The molecule has 1 aliphatic rings. The van der Waals surface area contributed by atoms with E-state index in [0.29, 0.717) is 17.8 Å². The van der Waals surface area contributed by atoms with Gasteiger partial charge in [-0.3, -0.25) is 9.59 Å². The molecule has 1 aliphatic heterocycles. The van der Waals surface area contributed by atoms with Crippen molar-refractivity contribution in [3.05, 3.63) is 59.2 Å². The molecular weight excluding hydrogens is 342 g/mol. The molecule has 3 amide bonds. The Morgan fingerprint density at radius 3 is 2.56 bits per heavy atom. The van der Waals surface area contributed by atoms with E-state index >= 15 is 0 Å². The van der Waals surface area contributed by atoms with Crippen molar-refractivity contribution in [1.82, 2.24) is 5.32 Å². The molecule has 0 unspecified atom stereocenters. The van der Waals surface area contributed by atoms with Gasteiger partial charge < -0.3 is 15.5 Å². The largest absolute Gasteiger partial charge is 0.333 e. The molecule has 6 nitrogen and oxygen atoms in total. The molecule has 1 heterocycles. The maximum Gasteiger partial charge on any atom is 0.319 e. The van der Waals surface area contributed by atoms with E-state index in [1.165, 1.54) is 12.5 Å². The number of benzene rings is 2. The van der Waals surface area contributed by atoms with Gasteiger partial charge in [0.1, 0.15) is 0 Å². The minimum Gasteiger partial charge on any atom is -0.333 e. The van der Waals surface area contributed by atoms with E-state index < -0.39 is 6.03 Å². The summed E-state index contributed by atoms with van der Waals surface area (Å²) < 4.78 is 0. The van der Waals surface area contributed by atoms with Crippen LogP contribution < -0.4 is 15.5 Å². The number of carbonyl (C=O) groups is 3. The van der Waals surface area contributed by atoms with Crippen LogP contribution in [0.1, 0.15) is 34.8 Å². The average molecular weight is 365 g/mol. The average Bonchev–Trinajstić information content (AvgIpc) is 2.97. The number of hydrogen-bond donors (Lipinski definition) is 2. The molecule has 0 radical (unpaired) electrons. The van der Waals surface area contributed by atoms with Crippen LogP contribution in [-0.2, 0) is 4.79 Å². The van der Waals surface area contributed by atoms with Crippen molar-refractivity contribution in [3.8, 4) is 0 Å². The van der Waals surface area contributed by atoms with Crippen molar-refractivity contribution in [2.45, 2.75) is 33.2 Å². The molecule has 27 heavy (non-hydrogen) atoms. The van der Waals surface area contributed by atoms with Crippen LogP contribution in [0, 0.1) is 13.8 Å². The third-order valence-corrected chi connectivity index (χ3v) is 4.79. The molecule has 3 rings (SSSR count). The van der Waals surface area contributed by atoms with E-state index in [2.05, 4.69) is 10.6 Å². The summed E-state index contributed by atoms with van der Waals surface area (Å²) in [7, 11) is 0. The molecule has 2 N–H and O–H groups in total. The van der Waals surface area contributed by atoms with Crippen LogP contribution in [0.3, 0.4) is 0 Å². The second kappa shape index (κ2) is 7.61. The second-order valence-electron chi connectivity index (χ2n) is 6.91. The Bertz CT molecular complexity index is 907. The zero-order valence-electron chi connectivity index (χ0n) is 15.7. The fraction of sp³-hybridized carbons (Fsp3) is 0.286. The number of aryl methyl sites for hydroxylation is 2. The summed E-state index contributed by atoms with van der Waals surface area (Å²) in [5.41, 5.74) is 4.22. The number of urea groups is 1. The smallest absolute Gasteiger partial charge is 0.319 e. The van der Waals surface area contributed by atoms with Crippen molar-refractivity contribution in [2.24, 2.45) is 0 Å². The Morgan fingerprint density at radius 2 is 1.85 bits per heavy atom. The maximum atomic E-state index is 12.4. The lowest BCUT2D eigenvalue weighted by Crippen LogP contribution is -2.39. The Labute approximate surface area is 158 Å². The van der Waals surface area contributed by atoms with Gasteiger partial charge in [0.25, 0.3) is 0 Å². The number of anilines is 2. The monoisotopic (exact) mass is 365 g/mol. The Hall–Kier alpha value is -3.15. The van der Waals surface area contributed by atoms with Gasteiger partial charge in [0, 0.05) is 29.9 Å². The third kappa shape index (κ3) is 4.34. The summed E-state index contributed by atoms with van der Waals surface area (Å²) in [6, 6.07) is 12.0. The van der Waals surface area contributed by atoms with Crippen molar-refractivity contribution < 1.29 is 14.4 Å². The summed E-state index contributed by atoms with van der Waals surface area (Å²) in [6.45, 7) is 5.95. The minimum absolute atomic E-state index is 0.0119. The van der Waals surface area contributed by atoms with Gasteiger partial charge in [0.2, 0.25) is 5.91 Å². The van der Waals surface area contributed by atoms with Gasteiger partial charge >= 0.3 is 6.03 Å². The zero-order chi connectivity index (χ0) is 19.6. The van der Waals surface area contributed by atoms with Crippen LogP contribution in [0.5, 0.6) is 0 Å². The molecule has 140 valence electrons. The maximum absolute atomic E-state index is 12.4. The molecule has 1 fully saturated rings. The molecule has 0 bridgehead atoms. The number of rotatable bonds is 4. The van der Waals surface area contributed by atoms with Crippen molar-refractivity contribution in [3.63, 3.8) is 0 Å². The Balaban J connectivity index is 1.62. The summed E-state index contributed by atoms with van der Waals surface area (Å²) in [6.07, 6.45) is 0.258.